The van der Waals surface area contributed by atoms with Crippen molar-refractivity contribution in [2.45, 2.75) is 44.7 Å². The summed E-state index contributed by atoms with van der Waals surface area (Å²) in [5, 5.41) is 0. The molecule has 1 amide bonds. The van der Waals surface area contributed by atoms with Gasteiger partial charge < -0.3 is 10.6 Å². The molecule has 21 heavy (non-hydrogen) atoms. The molecule has 2 saturated carbocycles. The minimum atomic E-state index is 0.151. The summed E-state index contributed by atoms with van der Waals surface area (Å²) in [5.74, 6) is 0.872. The number of amides is 1. The third-order valence-corrected chi connectivity index (χ3v) is 5.62. The second-order valence-electron chi connectivity index (χ2n) is 6.32. The van der Waals surface area contributed by atoms with Gasteiger partial charge >= 0.3 is 0 Å². The zero-order chi connectivity index (χ0) is 14.8. The third-order valence-electron chi connectivity index (χ3n) is 4.85. The molecule has 0 radical (unpaired) electrons. The second kappa shape index (κ2) is 6.49. The molecule has 0 heterocycles. The van der Waals surface area contributed by atoms with E-state index in [9.17, 15) is 4.79 Å². The van der Waals surface area contributed by atoms with E-state index < -0.39 is 0 Å². The lowest BCUT2D eigenvalue weighted by molar-refractivity contribution is -0.137. The Morgan fingerprint density at radius 2 is 2.00 bits per heavy atom. The van der Waals surface area contributed by atoms with Gasteiger partial charge in [0.1, 0.15) is 0 Å². The van der Waals surface area contributed by atoms with Crippen molar-refractivity contribution >= 4 is 21.8 Å². The van der Waals surface area contributed by atoms with Crippen molar-refractivity contribution in [3.05, 3.63) is 34.3 Å². The summed E-state index contributed by atoms with van der Waals surface area (Å²) in [6.45, 7) is 1.36. The van der Waals surface area contributed by atoms with Crippen molar-refractivity contribution in [3.63, 3.8) is 0 Å². The number of carbonyl (C=O) groups is 1. The molecule has 114 valence electrons. The van der Waals surface area contributed by atoms with Crippen LogP contribution >= 0.6 is 15.9 Å². The van der Waals surface area contributed by atoms with Gasteiger partial charge in [0.2, 0.25) is 5.91 Å². The van der Waals surface area contributed by atoms with Crippen molar-refractivity contribution in [1.29, 1.82) is 0 Å². The van der Waals surface area contributed by atoms with Gasteiger partial charge in [0.25, 0.3) is 0 Å². The van der Waals surface area contributed by atoms with Crippen molar-refractivity contribution in [3.8, 4) is 0 Å². The van der Waals surface area contributed by atoms with Crippen LogP contribution in [0, 0.1) is 11.8 Å². The summed E-state index contributed by atoms with van der Waals surface area (Å²) in [5.41, 5.74) is 7.05. The molecule has 1 aromatic rings. The number of benzene rings is 1. The molecule has 2 fully saturated rings. The van der Waals surface area contributed by atoms with Crippen LogP contribution in [0.2, 0.25) is 0 Å². The fourth-order valence-corrected chi connectivity index (χ4v) is 3.85. The molecule has 3 nitrogen and oxygen atoms in total. The SMILES string of the molecule is NCC1CCCC1C(=O)N(Cc1ccccc1Br)C1CC1. The van der Waals surface area contributed by atoms with E-state index in [1.54, 1.807) is 0 Å². The molecule has 2 atom stereocenters. The largest absolute Gasteiger partial charge is 0.335 e. The highest BCUT2D eigenvalue weighted by Gasteiger charge is 2.40. The smallest absolute Gasteiger partial charge is 0.226 e. The van der Waals surface area contributed by atoms with E-state index in [0.29, 0.717) is 24.4 Å². The Balaban J connectivity index is 1.75. The molecule has 0 saturated heterocycles. The predicted molar refractivity (Wildman–Crippen MR) is 87.6 cm³/mol. The van der Waals surface area contributed by atoms with Crippen LogP contribution in [-0.4, -0.2) is 23.4 Å². The topological polar surface area (TPSA) is 46.3 Å². The molecular formula is C17H23BrN2O. The number of halogens is 1. The van der Waals surface area contributed by atoms with Crippen LogP contribution in [0.4, 0.5) is 0 Å². The maximum absolute atomic E-state index is 13.0. The van der Waals surface area contributed by atoms with Crippen LogP contribution in [0.15, 0.2) is 28.7 Å². The van der Waals surface area contributed by atoms with Gasteiger partial charge in [-0.25, -0.2) is 0 Å². The van der Waals surface area contributed by atoms with Crippen molar-refractivity contribution in [2.75, 3.05) is 6.54 Å². The Hall–Kier alpha value is -0.870. The van der Waals surface area contributed by atoms with Crippen LogP contribution in [0.5, 0.6) is 0 Å². The molecule has 1 aromatic carbocycles. The Morgan fingerprint density at radius 1 is 1.24 bits per heavy atom. The van der Waals surface area contributed by atoms with E-state index in [2.05, 4.69) is 26.9 Å². The molecule has 3 rings (SSSR count). The summed E-state index contributed by atoms with van der Waals surface area (Å²) in [6, 6.07) is 8.64. The number of nitrogens with two attached hydrogens (primary N) is 1. The molecule has 0 bridgehead atoms. The molecule has 2 aliphatic rings. The molecule has 4 heteroatoms. The van der Waals surface area contributed by atoms with Gasteiger partial charge in [-0.1, -0.05) is 40.5 Å². The molecule has 0 spiro atoms. The zero-order valence-electron chi connectivity index (χ0n) is 12.3. The summed E-state index contributed by atoms with van der Waals surface area (Å²) >= 11 is 3.59. The average Bonchev–Trinajstić information content (AvgIpc) is 3.22. The highest BCUT2D eigenvalue weighted by Crippen LogP contribution is 2.37. The molecule has 2 aliphatic carbocycles. The molecule has 2 unspecified atom stereocenters. The molecule has 2 N–H and O–H groups in total. The maximum atomic E-state index is 13.0. The monoisotopic (exact) mass is 350 g/mol. The van der Waals surface area contributed by atoms with Crippen molar-refractivity contribution in [1.82, 2.24) is 4.90 Å². The van der Waals surface area contributed by atoms with Gasteiger partial charge in [-0.15, -0.1) is 0 Å². The van der Waals surface area contributed by atoms with Crippen molar-refractivity contribution < 1.29 is 4.79 Å². The summed E-state index contributed by atoms with van der Waals surface area (Å²) < 4.78 is 1.09. The van der Waals surface area contributed by atoms with Crippen LogP contribution in [0.25, 0.3) is 0 Å². The molecule has 0 aromatic heterocycles. The fraction of sp³-hybridized carbons (Fsp3) is 0.588. The normalized spacial score (nSPS) is 25.0. The first kappa shape index (κ1) is 15.0. The Labute approximate surface area is 135 Å². The zero-order valence-corrected chi connectivity index (χ0v) is 13.9. The number of hydrogen-bond donors (Lipinski definition) is 1. The first-order valence-corrected chi connectivity index (χ1v) is 8.74. The molecular weight excluding hydrogens is 328 g/mol. The first-order chi connectivity index (χ1) is 10.2. The van der Waals surface area contributed by atoms with Crippen LogP contribution in [0.3, 0.4) is 0 Å². The second-order valence-corrected chi connectivity index (χ2v) is 7.18. The highest BCUT2D eigenvalue weighted by atomic mass is 79.9. The lowest BCUT2D eigenvalue weighted by atomic mass is 9.94. The van der Waals surface area contributed by atoms with E-state index in [4.69, 9.17) is 5.73 Å². The van der Waals surface area contributed by atoms with Gasteiger partial charge in [0.15, 0.2) is 0 Å². The quantitative estimate of drug-likeness (QED) is 0.885. The number of nitrogens with zero attached hydrogens (tertiary/aromatic N) is 1. The predicted octanol–water partition coefficient (Wildman–Crippen LogP) is 3.32. The van der Waals surface area contributed by atoms with E-state index in [1.807, 2.05) is 18.2 Å². The van der Waals surface area contributed by atoms with Gasteiger partial charge in [0, 0.05) is 23.0 Å². The Morgan fingerprint density at radius 3 is 2.67 bits per heavy atom. The number of hydrogen-bond acceptors (Lipinski definition) is 2. The maximum Gasteiger partial charge on any atom is 0.226 e. The number of carbonyl (C=O) groups excluding carboxylic acids is 1. The average molecular weight is 351 g/mol. The standard InChI is InChI=1S/C17H23BrN2O/c18-16-7-2-1-4-13(16)11-20(14-8-9-14)17(21)15-6-3-5-12(15)10-19/h1-2,4,7,12,14-15H,3,5-6,8-11,19H2. The first-order valence-electron chi connectivity index (χ1n) is 7.94. The van der Waals surface area contributed by atoms with E-state index in [-0.39, 0.29) is 5.92 Å². The Bertz CT molecular complexity index is 515. The summed E-state index contributed by atoms with van der Waals surface area (Å²) in [7, 11) is 0. The summed E-state index contributed by atoms with van der Waals surface area (Å²) in [4.78, 5) is 15.1. The van der Waals surface area contributed by atoms with Crippen molar-refractivity contribution in [2.24, 2.45) is 17.6 Å². The third kappa shape index (κ3) is 3.32. The number of rotatable bonds is 5. The van der Waals surface area contributed by atoms with Crippen LogP contribution < -0.4 is 5.73 Å². The minimum absolute atomic E-state index is 0.151. The van der Waals surface area contributed by atoms with Crippen LogP contribution in [0.1, 0.15) is 37.7 Å². The van der Waals surface area contributed by atoms with Gasteiger partial charge in [-0.2, -0.15) is 0 Å². The minimum Gasteiger partial charge on any atom is -0.335 e. The lowest BCUT2D eigenvalue weighted by Gasteiger charge is -2.28. The van der Waals surface area contributed by atoms with Gasteiger partial charge in [-0.3, -0.25) is 4.79 Å². The van der Waals surface area contributed by atoms with E-state index >= 15 is 0 Å². The Kier molecular flexibility index (Phi) is 4.65. The lowest BCUT2D eigenvalue weighted by Crippen LogP contribution is -2.40. The van der Waals surface area contributed by atoms with E-state index in [1.165, 1.54) is 5.56 Å². The molecule has 0 aliphatic heterocycles. The summed E-state index contributed by atoms with van der Waals surface area (Å²) in [6.07, 6.45) is 5.57. The van der Waals surface area contributed by atoms with Gasteiger partial charge in [0.05, 0.1) is 0 Å². The van der Waals surface area contributed by atoms with Crippen LogP contribution in [-0.2, 0) is 11.3 Å². The van der Waals surface area contributed by atoms with E-state index in [0.717, 1.165) is 43.1 Å². The fourth-order valence-electron chi connectivity index (χ4n) is 3.44. The highest BCUT2D eigenvalue weighted by molar-refractivity contribution is 9.10. The van der Waals surface area contributed by atoms with Gasteiger partial charge in [-0.05, 0) is 49.8 Å².